The van der Waals surface area contributed by atoms with Gasteiger partial charge in [-0.25, -0.2) is 0 Å². The van der Waals surface area contributed by atoms with Crippen molar-refractivity contribution in [3.05, 3.63) is 26.7 Å². The Balaban J connectivity index is 4.78. The minimum absolute atomic E-state index is 0.399. The second-order valence-corrected chi connectivity index (χ2v) is 4.25. The fourth-order valence-corrected chi connectivity index (χ4v) is 1.54. The Morgan fingerprint density at radius 2 is 2.11 bits per heavy atom. The minimum Gasteiger partial charge on any atom is -0.354 e. The van der Waals surface area contributed by atoms with Crippen LogP contribution in [0.25, 0.3) is 0 Å². The first kappa shape index (κ1) is 17.2. The minimum atomic E-state index is -1.20. The molecule has 0 rings (SSSR count). The molecule has 1 N–H and O–H groups in total. The van der Waals surface area contributed by atoms with Crippen LogP contribution in [0.15, 0.2) is 16.8 Å². The lowest BCUT2D eigenvalue weighted by Crippen LogP contribution is -2.33. The zero-order chi connectivity index (χ0) is 14.8. The quantitative estimate of drug-likeness (QED) is 0.228. The smallest absolute Gasteiger partial charge is 0.252 e. The Morgan fingerprint density at radius 1 is 1.47 bits per heavy atom. The molecular formula is C12H21N3O4. The second kappa shape index (κ2) is 9.18. The highest BCUT2D eigenvalue weighted by Crippen LogP contribution is 2.12. The van der Waals surface area contributed by atoms with Gasteiger partial charge >= 0.3 is 0 Å². The summed E-state index contributed by atoms with van der Waals surface area (Å²) in [6.07, 6.45) is 3.43. The number of hydrogen-bond donors (Lipinski definition) is 1. The molecule has 0 aromatic rings. The Bertz CT molecular complexity index is 355. The third-order valence-electron chi connectivity index (χ3n) is 2.84. The maximum absolute atomic E-state index is 11.7. The predicted molar refractivity (Wildman–Crippen MR) is 72.3 cm³/mol. The van der Waals surface area contributed by atoms with Crippen molar-refractivity contribution in [2.24, 2.45) is 5.18 Å². The predicted octanol–water partition coefficient (Wildman–Crippen LogP) is 2.04. The average Bonchev–Trinajstić information content (AvgIpc) is 2.39. The molecule has 0 spiro atoms. The van der Waals surface area contributed by atoms with E-state index in [1.807, 2.05) is 6.92 Å². The van der Waals surface area contributed by atoms with E-state index in [0.29, 0.717) is 18.5 Å². The normalized spacial score (nSPS) is 14.6. The molecule has 7 nitrogen and oxygen atoms in total. The summed E-state index contributed by atoms with van der Waals surface area (Å²) in [5, 5.41) is 16.0. The molecule has 1 amide bonds. The molecule has 108 valence electrons. The number of amides is 1. The lowest BCUT2D eigenvalue weighted by atomic mass is 10.0. The van der Waals surface area contributed by atoms with Gasteiger partial charge in [0.2, 0.25) is 6.04 Å². The molecule has 0 fully saturated rings. The summed E-state index contributed by atoms with van der Waals surface area (Å²) in [5.41, 5.74) is 0.431. The van der Waals surface area contributed by atoms with Gasteiger partial charge in [0, 0.05) is 24.0 Å². The van der Waals surface area contributed by atoms with Gasteiger partial charge in [0.1, 0.15) is 0 Å². The third-order valence-corrected chi connectivity index (χ3v) is 2.84. The highest BCUT2D eigenvalue weighted by atomic mass is 16.6. The van der Waals surface area contributed by atoms with E-state index in [-0.39, 0.29) is 0 Å². The molecule has 0 heterocycles. The number of unbranched alkanes of at least 4 members (excludes halogenated alkanes) is 1. The maximum atomic E-state index is 11.7. The fourth-order valence-electron chi connectivity index (χ4n) is 1.54. The summed E-state index contributed by atoms with van der Waals surface area (Å²) in [7, 11) is 0. The van der Waals surface area contributed by atoms with Crippen molar-refractivity contribution in [1.82, 2.24) is 5.32 Å². The number of nitroso groups, excluding NO2 is 1. The van der Waals surface area contributed by atoms with E-state index >= 15 is 0 Å². The zero-order valence-electron chi connectivity index (χ0n) is 11.6. The number of carbonyl (C=O) groups is 1. The van der Waals surface area contributed by atoms with Crippen LogP contribution in [0.5, 0.6) is 0 Å². The van der Waals surface area contributed by atoms with Gasteiger partial charge in [-0.15, -0.1) is 4.91 Å². The molecule has 0 radical (unpaired) electrons. The molecule has 2 atom stereocenters. The van der Waals surface area contributed by atoms with Crippen molar-refractivity contribution in [2.45, 2.75) is 52.1 Å². The van der Waals surface area contributed by atoms with E-state index in [4.69, 9.17) is 0 Å². The number of hydrogen-bond acceptors (Lipinski definition) is 5. The van der Waals surface area contributed by atoms with Crippen molar-refractivity contribution in [1.29, 1.82) is 0 Å². The van der Waals surface area contributed by atoms with Gasteiger partial charge in [-0.1, -0.05) is 25.4 Å². The maximum Gasteiger partial charge on any atom is 0.252 e. The Kier molecular flexibility index (Phi) is 8.32. The number of nitro groups is 1. The van der Waals surface area contributed by atoms with Gasteiger partial charge in [-0.05, 0) is 18.9 Å². The van der Waals surface area contributed by atoms with Crippen LogP contribution in [0.4, 0.5) is 0 Å². The van der Waals surface area contributed by atoms with Crippen LogP contribution < -0.4 is 5.32 Å². The van der Waals surface area contributed by atoms with E-state index in [9.17, 15) is 19.8 Å². The first-order chi connectivity index (χ1) is 8.97. The SMILES string of the molecule is CCCCNC(=O)C(C=C(CC)C(C)[N+](=O)[O-])N=O. The average molecular weight is 271 g/mol. The summed E-state index contributed by atoms with van der Waals surface area (Å²) in [5.74, 6) is -0.509. The Labute approximate surface area is 112 Å². The van der Waals surface area contributed by atoms with Gasteiger partial charge in [-0.3, -0.25) is 14.9 Å². The standard InChI is InChI=1S/C12H21N3O4/c1-4-6-7-13-12(16)11(14-17)8-10(5-2)9(3)15(18)19/h8-9,11H,4-7H2,1-3H3,(H,13,16). The number of nitrogens with zero attached hydrogens (tertiary/aromatic N) is 2. The molecule has 0 bridgehead atoms. The van der Waals surface area contributed by atoms with Gasteiger partial charge in [0.15, 0.2) is 6.04 Å². The van der Waals surface area contributed by atoms with Crippen LogP contribution in [-0.2, 0) is 4.79 Å². The first-order valence-electron chi connectivity index (χ1n) is 6.42. The van der Waals surface area contributed by atoms with E-state index in [2.05, 4.69) is 10.5 Å². The number of nitrogens with one attached hydrogen (secondary N) is 1. The summed E-state index contributed by atoms with van der Waals surface area (Å²) in [6.45, 7) is 5.62. The largest absolute Gasteiger partial charge is 0.354 e. The van der Waals surface area contributed by atoms with Crippen molar-refractivity contribution in [3.63, 3.8) is 0 Å². The summed E-state index contributed by atoms with van der Waals surface area (Å²) in [4.78, 5) is 32.6. The van der Waals surface area contributed by atoms with E-state index in [0.717, 1.165) is 12.8 Å². The second-order valence-electron chi connectivity index (χ2n) is 4.25. The van der Waals surface area contributed by atoms with Crippen LogP contribution >= 0.6 is 0 Å². The monoisotopic (exact) mass is 271 g/mol. The molecule has 0 aliphatic carbocycles. The zero-order valence-corrected chi connectivity index (χ0v) is 11.6. The molecule has 19 heavy (non-hydrogen) atoms. The molecule has 0 aromatic heterocycles. The number of carbonyl (C=O) groups excluding carboxylic acids is 1. The molecular weight excluding hydrogens is 250 g/mol. The molecule has 0 aliphatic heterocycles. The van der Waals surface area contributed by atoms with Crippen LogP contribution in [-0.4, -0.2) is 29.5 Å². The molecule has 0 saturated heterocycles. The number of rotatable bonds is 9. The first-order valence-corrected chi connectivity index (χ1v) is 6.42. The van der Waals surface area contributed by atoms with Gasteiger partial charge in [0.25, 0.3) is 5.91 Å². The van der Waals surface area contributed by atoms with E-state index < -0.39 is 22.9 Å². The molecule has 7 heteroatoms. The summed E-state index contributed by atoms with van der Waals surface area (Å²) in [6, 6.07) is -2.12. The van der Waals surface area contributed by atoms with Gasteiger partial charge in [-0.2, -0.15) is 0 Å². The van der Waals surface area contributed by atoms with Crippen molar-refractivity contribution in [3.8, 4) is 0 Å². The van der Waals surface area contributed by atoms with Crippen LogP contribution in [0.1, 0.15) is 40.0 Å². The van der Waals surface area contributed by atoms with Crippen LogP contribution in [0, 0.1) is 15.0 Å². The molecule has 2 unspecified atom stereocenters. The van der Waals surface area contributed by atoms with Gasteiger partial charge < -0.3 is 5.32 Å². The summed E-state index contributed by atoms with van der Waals surface area (Å²) < 4.78 is 0. The Hall–Kier alpha value is -1.79. The van der Waals surface area contributed by atoms with E-state index in [1.54, 1.807) is 6.92 Å². The third kappa shape index (κ3) is 6.08. The van der Waals surface area contributed by atoms with Crippen molar-refractivity contribution >= 4 is 5.91 Å². The summed E-state index contributed by atoms with van der Waals surface area (Å²) >= 11 is 0. The Morgan fingerprint density at radius 3 is 2.53 bits per heavy atom. The van der Waals surface area contributed by atoms with Crippen LogP contribution in [0.2, 0.25) is 0 Å². The molecule has 0 aromatic carbocycles. The highest BCUT2D eigenvalue weighted by Gasteiger charge is 2.23. The van der Waals surface area contributed by atoms with Gasteiger partial charge in [0.05, 0.1) is 0 Å². The fraction of sp³-hybridized carbons (Fsp3) is 0.750. The lowest BCUT2D eigenvalue weighted by Gasteiger charge is -2.10. The van der Waals surface area contributed by atoms with Crippen molar-refractivity contribution in [2.75, 3.05) is 6.54 Å². The topological polar surface area (TPSA) is 102 Å². The lowest BCUT2D eigenvalue weighted by molar-refractivity contribution is -0.508. The van der Waals surface area contributed by atoms with Crippen LogP contribution in [0.3, 0.4) is 0 Å². The molecule has 0 saturated carbocycles. The molecule has 0 aliphatic rings. The van der Waals surface area contributed by atoms with Crippen molar-refractivity contribution < 1.29 is 9.72 Å². The highest BCUT2D eigenvalue weighted by molar-refractivity contribution is 5.84. The van der Waals surface area contributed by atoms with E-state index in [1.165, 1.54) is 13.0 Å².